The molecular formula is C10H16N2O2S. The highest BCUT2D eigenvalue weighted by Gasteiger charge is 2.07. The number of carbonyl (C=O) groups excluding carboxylic acids is 1. The van der Waals surface area contributed by atoms with Gasteiger partial charge in [0.15, 0.2) is 5.82 Å². The summed E-state index contributed by atoms with van der Waals surface area (Å²) < 4.78 is 5.02. The Labute approximate surface area is 93.8 Å². The molecule has 1 rings (SSSR count). The Balaban J connectivity index is 2.38. The van der Waals surface area contributed by atoms with Crippen LogP contribution in [0.25, 0.3) is 0 Å². The van der Waals surface area contributed by atoms with Crippen LogP contribution in [-0.4, -0.2) is 21.2 Å². The lowest BCUT2D eigenvalue weighted by atomic mass is 10.2. The Hall–Kier alpha value is -0.840. The van der Waals surface area contributed by atoms with Crippen molar-refractivity contribution in [1.29, 1.82) is 0 Å². The van der Waals surface area contributed by atoms with Crippen LogP contribution in [0.5, 0.6) is 0 Å². The summed E-state index contributed by atoms with van der Waals surface area (Å²) in [5.41, 5.74) is 0. The van der Waals surface area contributed by atoms with Crippen LogP contribution in [0.15, 0.2) is 4.52 Å². The van der Waals surface area contributed by atoms with Gasteiger partial charge in [-0.15, -0.1) is 0 Å². The lowest BCUT2D eigenvalue weighted by Crippen LogP contribution is -1.95. The van der Waals surface area contributed by atoms with Gasteiger partial charge in [-0.25, -0.2) is 0 Å². The summed E-state index contributed by atoms with van der Waals surface area (Å²) in [5, 5.41) is 4.41. The van der Waals surface area contributed by atoms with Crippen LogP contribution >= 0.6 is 11.8 Å². The van der Waals surface area contributed by atoms with Gasteiger partial charge < -0.3 is 9.32 Å². The highest BCUT2D eigenvalue weighted by molar-refractivity contribution is 7.99. The molecule has 0 saturated carbocycles. The molecule has 0 amide bonds. The monoisotopic (exact) mass is 228 g/mol. The van der Waals surface area contributed by atoms with Crippen LogP contribution < -0.4 is 0 Å². The Morgan fingerprint density at radius 2 is 2.27 bits per heavy atom. The second kappa shape index (κ2) is 5.90. The van der Waals surface area contributed by atoms with Crippen LogP contribution in [0.4, 0.5) is 0 Å². The fourth-order valence-corrected chi connectivity index (χ4v) is 1.57. The van der Waals surface area contributed by atoms with E-state index in [1.165, 1.54) is 0 Å². The van der Waals surface area contributed by atoms with E-state index < -0.39 is 0 Å². The molecule has 0 aromatic carbocycles. The summed E-state index contributed by atoms with van der Waals surface area (Å²) >= 11 is 1.77. The fourth-order valence-electron chi connectivity index (χ4n) is 0.974. The summed E-state index contributed by atoms with van der Waals surface area (Å²) in [4.78, 5) is 14.9. The molecule has 0 aliphatic carbocycles. The molecule has 1 aromatic rings. The summed E-state index contributed by atoms with van der Waals surface area (Å²) in [5.74, 6) is 2.18. The van der Waals surface area contributed by atoms with Gasteiger partial charge >= 0.3 is 0 Å². The van der Waals surface area contributed by atoms with Crippen molar-refractivity contribution in [3.8, 4) is 0 Å². The van der Waals surface area contributed by atoms with Gasteiger partial charge in [0.25, 0.3) is 0 Å². The van der Waals surface area contributed by atoms with Crippen molar-refractivity contribution in [1.82, 2.24) is 10.1 Å². The molecule has 15 heavy (non-hydrogen) atoms. The first kappa shape index (κ1) is 12.2. The van der Waals surface area contributed by atoms with E-state index in [2.05, 4.69) is 24.0 Å². The van der Waals surface area contributed by atoms with Crippen LogP contribution in [-0.2, 0) is 17.0 Å². The van der Waals surface area contributed by atoms with Crippen molar-refractivity contribution in [2.45, 2.75) is 44.6 Å². The zero-order valence-electron chi connectivity index (χ0n) is 9.32. The molecule has 0 fully saturated rings. The van der Waals surface area contributed by atoms with E-state index in [1.54, 1.807) is 18.7 Å². The van der Waals surface area contributed by atoms with Gasteiger partial charge in [0, 0.05) is 12.8 Å². The standard InChI is InChI=1S/C10H16N2O2S/c1-7(2)15-6-9-11-10(14-12-9)5-4-8(3)13/h7H,4-6H2,1-3H3. The van der Waals surface area contributed by atoms with Crippen molar-refractivity contribution in [2.24, 2.45) is 0 Å². The third-order valence-electron chi connectivity index (χ3n) is 1.75. The van der Waals surface area contributed by atoms with E-state index in [1.807, 2.05) is 0 Å². The van der Waals surface area contributed by atoms with Crippen molar-refractivity contribution in [3.05, 3.63) is 11.7 Å². The first-order valence-electron chi connectivity index (χ1n) is 5.00. The van der Waals surface area contributed by atoms with Gasteiger partial charge in [0.1, 0.15) is 5.78 Å². The minimum Gasteiger partial charge on any atom is -0.339 e. The van der Waals surface area contributed by atoms with E-state index in [0.29, 0.717) is 29.8 Å². The maximum absolute atomic E-state index is 10.7. The SMILES string of the molecule is CC(=O)CCc1nc(CSC(C)C)no1. The molecule has 5 heteroatoms. The first-order valence-corrected chi connectivity index (χ1v) is 6.05. The topological polar surface area (TPSA) is 56.0 Å². The number of aryl methyl sites for hydroxylation is 1. The Morgan fingerprint density at radius 3 is 2.87 bits per heavy atom. The van der Waals surface area contributed by atoms with Crippen molar-refractivity contribution in [2.75, 3.05) is 0 Å². The number of carbonyl (C=O) groups is 1. The van der Waals surface area contributed by atoms with E-state index >= 15 is 0 Å². The number of aromatic nitrogens is 2. The number of ketones is 1. The minimum atomic E-state index is 0.145. The molecule has 0 saturated heterocycles. The molecule has 84 valence electrons. The fraction of sp³-hybridized carbons (Fsp3) is 0.700. The molecule has 0 radical (unpaired) electrons. The molecule has 1 aromatic heterocycles. The lowest BCUT2D eigenvalue weighted by Gasteiger charge is -1.98. The van der Waals surface area contributed by atoms with Crippen LogP contribution in [0, 0.1) is 0 Å². The van der Waals surface area contributed by atoms with Crippen LogP contribution in [0.2, 0.25) is 0 Å². The average molecular weight is 228 g/mol. The largest absolute Gasteiger partial charge is 0.339 e. The molecule has 0 spiro atoms. The normalized spacial score (nSPS) is 10.9. The molecule has 0 atom stereocenters. The van der Waals surface area contributed by atoms with E-state index in [4.69, 9.17) is 4.52 Å². The van der Waals surface area contributed by atoms with Gasteiger partial charge in [0.2, 0.25) is 5.89 Å². The lowest BCUT2D eigenvalue weighted by molar-refractivity contribution is -0.117. The van der Waals surface area contributed by atoms with Crippen LogP contribution in [0.1, 0.15) is 38.9 Å². The van der Waals surface area contributed by atoms with Gasteiger partial charge in [-0.05, 0) is 12.2 Å². The summed E-state index contributed by atoms with van der Waals surface area (Å²) in [6.45, 7) is 5.81. The van der Waals surface area contributed by atoms with E-state index in [9.17, 15) is 4.79 Å². The molecule has 0 N–H and O–H groups in total. The van der Waals surface area contributed by atoms with E-state index in [-0.39, 0.29) is 5.78 Å². The predicted molar refractivity (Wildman–Crippen MR) is 59.7 cm³/mol. The number of hydrogen-bond acceptors (Lipinski definition) is 5. The molecule has 0 aliphatic heterocycles. The van der Waals surface area contributed by atoms with Crippen molar-refractivity contribution in [3.63, 3.8) is 0 Å². The van der Waals surface area contributed by atoms with Crippen molar-refractivity contribution >= 4 is 17.5 Å². The molecule has 4 nitrogen and oxygen atoms in total. The quantitative estimate of drug-likeness (QED) is 0.747. The summed E-state index contributed by atoms with van der Waals surface area (Å²) in [7, 11) is 0. The van der Waals surface area contributed by atoms with Crippen LogP contribution in [0.3, 0.4) is 0 Å². The Morgan fingerprint density at radius 1 is 1.53 bits per heavy atom. The molecule has 0 aliphatic rings. The third kappa shape index (κ3) is 4.97. The minimum absolute atomic E-state index is 0.145. The van der Waals surface area contributed by atoms with Crippen molar-refractivity contribution < 1.29 is 9.32 Å². The van der Waals surface area contributed by atoms with E-state index in [0.717, 1.165) is 5.75 Å². The van der Waals surface area contributed by atoms with Gasteiger partial charge in [0.05, 0.1) is 5.75 Å². The average Bonchev–Trinajstić information content (AvgIpc) is 2.59. The zero-order valence-corrected chi connectivity index (χ0v) is 10.1. The molecule has 0 unspecified atom stereocenters. The second-order valence-corrected chi connectivity index (χ2v) is 5.23. The maximum Gasteiger partial charge on any atom is 0.227 e. The number of rotatable bonds is 6. The van der Waals surface area contributed by atoms with Gasteiger partial charge in [-0.3, -0.25) is 0 Å². The number of nitrogens with zero attached hydrogens (tertiary/aromatic N) is 2. The highest BCUT2D eigenvalue weighted by Crippen LogP contribution is 2.15. The molecule has 1 heterocycles. The Bertz CT molecular complexity index is 323. The van der Waals surface area contributed by atoms with Gasteiger partial charge in [-0.1, -0.05) is 19.0 Å². The maximum atomic E-state index is 10.7. The summed E-state index contributed by atoms with van der Waals surface area (Å²) in [6, 6.07) is 0. The zero-order chi connectivity index (χ0) is 11.3. The predicted octanol–water partition coefficient (Wildman–Crippen LogP) is 2.23. The number of thioether (sulfide) groups is 1. The Kier molecular flexibility index (Phi) is 4.81. The highest BCUT2D eigenvalue weighted by atomic mass is 32.2. The second-order valence-electron chi connectivity index (χ2n) is 3.67. The molecule has 0 bridgehead atoms. The summed E-state index contributed by atoms with van der Waals surface area (Å²) in [6.07, 6.45) is 1.02. The molecular weight excluding hydrogens is 212 g/mol. The number of Topliss-reactive ketones (excluding diaryl/α,β-unsaturated/α-hetero) is 1. The first-order chi connectivity index (χ1) is 7.08. The number of hydrogen-bond donors (Lipinski definition) is 0. The van der Waals surface area contributed by atoms with Gasteiger partial charge in [-0.2, -0.15) is 16.7 Å². The third-order valence-corrected chi connectivity index (χ3v) is 2.84. The smallest absolute Gasteiger partial charge is 0.227 e.